The van der Waals surface area contributed by atoms with Gasteiger partial charge < -0.3 is 0 Å². The van der Waals surface area contributed by atoms with Crippen LogP contribution < -0.4 is 15.9 Å². The standard InChI is InChI=1S/C25H22ClPS.ClH/c1-27(22-11-5-2-6-12-22,23-13-7-3-8-14-23,24-15-9-4-10-16-24)28-25-19-17-21(26)18-20-25;/h2-20H,1H3;1H. The minimum absolute atomic E-state index is 0. The first-order chi connectivity index (χ1) is 13.6. The summed E-state index contributed by atoms with van der Waals surface area (Å²) in [6.45, 7) is 2.46. The topological polar surface area (TPSA) is 0 Å². The van der Waals surface area contributed by atoms with Gasteiger partial charge in [-0.15, -0.1) is 12.4 Å². The SMILES string of the molecule is CP(Sc1ccc(Cl)cc1)(c1ccccc1)(c1ccccc1)c1ccccc1.Cl. The number of hydrogen-bond donors (Lipinski definition) is 0. The largest absolute Gasteiger partial charge is 0.147 e. The molecule has 0 amide bonds. The Morgan fingerprint density at radius 1 is 0.552 bits per heavy atom. The zero-order chi connectivity index (χ0) is 19.5. The maximum absolute atomic E-state index is 6.17. The van der Waals surface area contributed by atoms with Crippen molar-refractivity contribution in [1.82, 2.24) is 0 Å². The van der Waals surface area contributed by atoms with Crippen LogP contribution in [0.4, 0.5) is 0 Å². The first-order valence-electron chi connectivity index (χ1n) is 9.25. The van der Waals surface area contributed by atoms with Crippen LogP contribution >= 0.6 is 41.2 Å². The second-order valence-corrected chi connectivity index (χ2v) is 15.9. The van der Waals surface area contributed by atoms with E-state index < -0.39 is 5.81 Å². The summed E-state index contributed by atoms with van der Waals surface area (Å²) >= 11 is 8.15. The molecule has 0 aliphatic carbocycles. The summed E-state index contributed by atoms with van der Waals surface area (Å²) in [5, 5.41) is 4.86. The molecule has 0 saturated carbocycles. The van der Waals surface area contributed by atoms with Crippen LogP contribution in [0.5, 0.6) is 0 Å². The molecule has 29 heavy (non-hydrogen) atoms. The second-order valence-electron chi connectivity index (χ2n) is 7.01. The molecule has 0 nitrogen and oxygen atoms in total. The van der Waals surface area contributed by atoms with Gasteiger partial charge in [0.25, 0.3) is 0 Å². The summed E-state index contributed by atoms with van der Waals surface area (Å²) in [4.78, 5) is 1.22. The van der Waals surface area contributed by atoms with E-state index >= 15 is 0 Å². The zero-order valence-corrected chi connectivity index (χ0v) is 19.4. The minimum atomic E-state index is -2.82. The third kappa shape index (κ3) is 3.98. The fourth-order valence-electron chi connectivity index (χ4n) is 3.73. The van der Waals surface area contributed by atoms with Gasteiger partial charge in [0.05, 0.1) is 0 Å². The molecule has 0 heterocycles. The number of halogens is 2. The van der Waals surface area contributed by atoms with Crippen LogP contribution in [0.15, 0.2) is 120 Å². The summed E-state index contributed by atoms with van der Waals surface area (Å²) in [6.07, 6.45) is 0. The Hall–Kier alpha value is -1.76. The van der Waals surface area contributed by atoms with Crippen LogP contribution in [0.3, 0.4) is 0 Å². The summed E-state index contributed by atoms with van der Waals surface area (Å²) in [5.41, 5.74) is 0. The van der Waals surface area contributed by atoms with E-state index in [0.29, 0.717) is 0 Å². The van der Waals surface area contributed by atoms with E-state index in [4.69, 9.17) is 11.6 Å². The molecule has 0 saturated heterocycles. The van der Waals surface area contributed by atoms with E-state index in [1.165, 1.54) is 20.8 Å². The monoisotopic (exact) mass is 456 g/mol. The molecule has 0 N–H and O–H groups in total. The molecule has 0 unspecified atom stereocenters. The van der Waals surface area contributed by atoms with Crippen LogP contribution in [0.1, 0.15) is 0 Å². The Bertz CT molecular complexity index is 953. The average molecular weight is 457 g/mol. The van der Waals surface area contributed by atoms with E-state index in [-0.39, 0.29) is 12.4 Å². The summed E-state index contributed by atoms with van der Waals surface area (Å²) < 4.78 is 0. The Morgan fingerprint density at radius 2 is 0.897 bits per heavy atom. The van der Waals surface area contributed by atoms with Crippen molar-refractivity contribution in [2.75, 3.05) is 6.66 Å². The molecule has 0 aromatic heterocycles. The van der Waals surface area contributed by atoms with Gasteiger partial charge in [0.15, 0.2) is 0 Å². The smallest absolute Gasteiger partial charge is 0.147 e. The third-order valence-electron chi connectivity index (χ3n) is 5.28. The molecule has 0 aliphatic rings. The summed E-state index contributed by atoms with van der Waals surface area (Å²) in [5.74, 6) is -2.82. The molecule has 0 radical (unpaired) electrons. The number of rotatable bonds is 5. The van der Waals surface area contributed by atoms with Gasteiger partial charge >= 0.3 is 177 Å². The molecule has 148 valence electrons. The van der Waals surface area contributed by atoms with Crippen molar-refractivity contribution < 1.29 is 0 Å². The van der Waals surface area contributed by atoms with E-state index in [1.54, 1.807) is 0 Å². The molecule has 0 spiro atoms. The zero-order valence-electron chi connectivity index (χ0n) is 16.1. The second kappa shape index (κ2) is 8.94. The maximum Gasteiger partial charge on any atom is -0.147 e. The molecule has 4 aromatic rings. The van der Waals surface area contributed by atoms with Crippen LogP contribution in [-0.2, 0) is 0 Å². The molecule has 0 atom stereocenters. The summed E-state index contributed by atoms with van der Waals surface area (Å²) in [6, 6.07) is 41.0. The Morgan fingerprint density at radius 3 is 1.24 bits per heavy atom. The van der Waals surface area contributed by atoms with Gasteiger partial charge in [-0.3, -0.25) is 0 Å². The third-order valence-corrected chi connectivity index (χ3v) is 15.0. The molecule has 4 aromatic carbocycles. The van der Waals surface area contributed by atoms with Gasteiger partial charge in [0, 0.05) is 0 Å². The average Bonchev–Trinajstić information content (AvgIpc) is 2.77. The fourth-order valence-corrected chi connectivity index (χ4v) is 12.5. The molecule has 0 bridgehead atoms. The van der Waals surface area contributed by atoms with Crippen LogP contribution in [0.25, 0.3) is 0 Å². The molecule has 0 aliphatic heterocycles. The van der Waals surface area contributed by atoms with Crippen molar-refractivity contribution in [2.24, 2.45) is 0 Å². The Kier molecular flexibility index (Phi) is 6.76. The minimum Gasteiger partial charge on any atom is -0.147 e. The molecule has 4 heteroatoms. The van der Waals surface area contributed by atoms with Crippen molar-refractivity contribution in [3.05, 3.63) is 120 Å². The Balaban J connectivity index is 0.00000240. The Labute approximate surface area is 188 Å². The van der Waals surface area contributed by atoms with Crippen molar-refractivity contribution in [1.29, 1.82) is 0 Å². The van der Waals surface area contributed by atoms with Crippen molar-refractivity contribution in [3.63, 3.8) is 0 Å². The normalized spacial score (nSPS) is 12.4. The van der Waals surface area contributed by atoms with Crippen LogP contribution in [0.2, 0.25) is 5.02 Å². The van der Waals surface area contributed by atoms with Gasteiger partial charge in [0.2, 0.25) is 0 Å². The van der Waals surface area contributed by atoms with Crippen LogP contribution in [0, 0.1) is 0 Å². The first-order valence-corrected chi connectivity index (χ1v) is 13.7. The number of benzene rings is 4. The molecular formula is C25H23Cl2PS. The van der Waals surface area contributed by atoms with E-state index in [1.807, 2.05) is 23.5 Å². The predicted octanol–water partition coefficient (Wildman–Crippen LogP) is 6.93. The van der Waals surface area contributed by atoms with Gasteiger partial charge in [-0.25, -0.2) is 0 Å². The molecule has 4 rings (SSSR count). The van der Waals surface area contributed by atoms with Crippen LogP contribution in [-0.4, -0.2) is 6.66 Å². The van der Waals surface area contributed by atoms with Gasteiger partial charge in [-0.05, 0) is 0 Å². The van der Waals surface area contributed by atoms with Crippen molar-refractivity contribution >= 4 is 57.1 Å². The van der Waals surface area contributed by atoms with E-state index in [2.05, 4.69) is 110 Å². The van der Waals surface area contributed by atoms with E-state index in [0.717, 1.165) is 5.02 Å². The molecule has 0 fully saturated rings. The first kappa shape index (κ1) is 21.9. The van der Waals surface area contributed by atoms with Gasteiger partial charge in [0.1, 0.15) is 0 Å². The van der Waals surface area contributed by atoms with Gasteiger partial charge in [-0.1, -0.05) is 0 Å². The summed E-state index contributed by atoms with van der Waals surface area (Å²) in [7, 11) is 0. The van der Waals surface area contributed by atoms with Crippen molar-refractivity contribution in [2.45, 2.75) is 4.90 Å². The molecular weight excluding hydrogens is 434 g/mol. The van der Waals surface area contributed by atoms with Crippen molar-refractivity contribution in [3.8, 4) is 0 Å². The quantitative estimate of drug-likeness (QED) is 0.293. The van der Waals surface area contributed by atoms with E-state index in [9.17, 15) is 0 Å². The predicted molar refractivity (Wildman–Crippen MR) is 136 cm³/mol. The fraction of sp³-hybridized carbons (Fsp3) is 0.0400. The maximum atomic E-state index is 6.17. The number of hydrogen-bond acceptors (Lipinski definition) is 1. The van der Waals surface area contributed by atoms with Gasteiger partial charge in [-0.2, -0.15) is 0 Å².